The zero-order valence-corrected chi connectivity index (χ0v) is 16.6. The van der Waals surface area contributed by atoms with Crippen molar-refractivity contribution in [3.63, 3.8) is 0 Å². The number of carbonyl (C=O) groups is 2. The van der Waals surface area contributed by atoms with E-state index in [1.165, 1.54) is 0 Å². The van der Waals surface area contributed by atoms with Crippen molar-refractivity contribution in [2.45, 2.75) is 44.6 Å². The Morgan fingerprint density at radius 3 is 2.52 bits per heavy atom. The molecule has 10 heteroatoms. The van der Waals surface area contributed by atoms with Gasteiger partial charge >= 0.3 is 6.09 Å². The second-order valence-electron chi connectivity index (χ2n) is 8.20. The van der Waals surface area contributed by atoms with Gasteiger partial charge in [0.2, 0.25) is 0 Å². The van der Waals surface area contributed by atoms with Gasteiger partial charge in [0.15, 0.2) is 11.5 Å². The van der Waals surface area contributed by atoms with Crippen LogP contribution < -0.4 is 21.7 Å². The van der Waals surface area contributed by atoms with Crippen LogP contribution in [0.25, 0.3) is 0 Å². The molecule has 10 nitrogen and oxygen atoms in total. The summed E-state index contributed by atoms with van der Waals surface area (Å²) in [6.07, 6.45) is 0.424. The summed E-state index contributed by atoms with van der Waals surface area (Å²) in [6.45, 7) is 6.54. The van der Waals surface area contributed by atoms with Gasteiger partial charge in [-0.05, 0) is 25.0 Å². The maximum atomic E-state index is 11.8. The van der Waals surface area contributed by atoms with Crippen molar-refractivity contribution in [2.24, 2.45) is 5.73 Å². The molecular weight excluding hydrogens is 374 g/mol. The lowest BCUT2D eigenvalue weighted by Crippen LogP contribution is -2.41. The van der Waals surface area contributed by atoms with Crippen LogP contribution in [0.5, 0.6) is 0 Å². The highest BCUT2D eigenvalue weighted by atomic mass is 16.4. The quantitative estimate of drug-likeness (QED) is 0.474. The van der Waals surface area contributed by atoms with Crippen LogP contribution in [0, 0.1) is 0 Å². The van der Waals surface area contributed by atoms with Crippen molar-refractivity contribution in [1.82, 2.24) is 20.5 Å². The number of primary amides is 1. The fraction of sp³-hybridized carbons (Fsp3) is 0.421. The number of pyridine rings is 1. The SMILES string of the molecule is CC(C)(C)c1cccc(Nc2cc(NCC3(NC(=O)O)CC3)nnc2C(N)=O)n1. The van der Waals surface area contributed by atoms with Crippen LogP contribution in [-0.2, 0) is 5.41 Å². The zero-order chi connectivity index (χ0) is 21.2. The van der Waals surface area contributed by atoms with Gasteiger partial charge < -0.3 is 26.8 Å². The molecule has 0 saturated heterocycles. The summed E-state index contributed by atoms with van der Waals surface area (Å²) in [4.78, 5) is 27.3. The number of hydrogen-bond donors (Lipinski definition) is 5. The zero-order valence-electron chi connectivity index (χ0n) is 16.6. The van der Waals surface area contributed by atoms with Crippen molar-refractivity contribution in [2.75, 3.05) is 17.2 Å². The third kappa shape index (κ3) is 5.09. The largest absolute Gasteiger partial charge is 0.465 e. The molecule has 1 saturated carbocycles. The van der Waals surface area contributed by atoms with Gasteiger partial charge in [0, 0.05) is 23.7 Å². The Morgan fingerprint density at radius 1 is 1.21 bits per heavy atom. The van der Waals surface area contributed by atoms with E-state index < -0.39 is 17.5 Å². The molecule has 0 spiro atoms. The molecule has 3 rings (SSSR count). The Morgan fingerprint density at radius 2 is 1.93 bits per heavy atom. The number of amides is 2. The topological polar surface area (TPSA) is 155 Å². The fourth-order valence-corrected chi connectivity index (χ4v) is 2.80. The maximum absolute atomic E-state index is 11.8. The average Bonchev–Trinajstić information content (AvgIpc) is 3.38. The molecule has 1 fully saturated rings. The number of nitrogens with zero attached hydrogens (tertiary/aromatic N) is 3. The van der Waals surface area contributed by atoms with Gasteiger partial charge in [-0.15, -0.1) is 10.2 Å². The maximum Gasteiger partial charge on any atom is 0.405 e. The number of nitrogens with one attached hydrogen (secondary N) is 3. The third-order valence-corrected chi connectivity index (χ3v) is 4.64. The molecule has 29 heavy (non-hydrogen) atoms. The lowest BCUT2D eigenvalue weighted by Gasteiger charge is -2.19. The van der Waals surface area contributed by atoms with Crippen LogP contribution in [0.15, 0.2) is 24.3 Å². The molecule has 2 aromatic rings. The van der Waals surface area contributed by atoms with E-state index in [-0.39, 0.29) is 11.1 Å². The molecule has 0 bridgehead atoms. The number of carboxylic acid groups (broad SMARTS) is 1. The van der Waals surface area contributed by atoms with Crippen LogP contribution >= 0.6 is 0 Å². The van der Waals surface area contributed by atoms with Crippen LogP contribution in [0.1, 0.15) is 49.8 Å². The van der Waals surface area contributed by atoms with Crippen molar-refractivity contribution in [3.05, 3.63) is 35.7 Å². The van der Waals surface area contributed by atoms with Crippen LogP contribution in [0.2, 0.25) is 0 Å². The second kappa shape index (κ2) is 7.53. The molecule has 0 radical (unpaired) electrons. The highest BCUT2D eigenvalue weighted by Gasteiger charge is 2.44. The summed E-state index contributed by atoms with van der Waals surface area (Å²) >= 11 is 0. The van der Waals surface area contributed by atoms with Crippen molar-refractivity contribution < 1.29 is 14.7 Å². The van der Waals surface area contributed by atoms with E-state index in [2.05, 4.69) is 51.9 Å². The monoisotopic (exact) mass is 399 g/mol. The average molecular weight is 399 g/mol. The van der Waals surface area contributed by atoms with E-state index in [0.29, 0.717) is 23.9 Å². The number of aromatic nitrogens is 3. The molecule has 2 aromatic heterocycles. The first kappa shape index (κ1) is 20.3. The first-order chi connectivity index (χ1) is 13.6. The first-order valence-corrected chi connectivity index (χ1v) is 9.25. The Labute approximate surface area is 168 Å². The predicted octanol–water partition coefficient (Wildman–Crippen LogP) is 2.22. The summed E-state index contributed by atoms with van der Waals surface area (Å²) in [7, 11) is 0. The highest BCUT2D eigenvalue weighted by Crippen LogP contribution is 2.35. The summed E-state index contributed by atoms with van der Waals surface area (Å²) in [5.74, 6) is 0.220. The highest BCUT2D eigenvalue weighted by molar-refractivity contribution is 5.97. The lowest BCUT2D eigenvalue weighted by molar-refractivity contribution is 0.0995. The van der Waals surface area contributed by atoms with Gasteiger partial charge in [-0.3, -0.25) is 4.79 Å². The Kier molecular flexibility index (Phi) is 5.27. The number of hydrogen-bond acceptors (Lipinski definition) is 7. The summed E-state index contributed by atoms with van der Waals surface area (Å²) < 4.78 is 0. The minimum atomic E-state index is -1.06. The Bertz CT molecular complexity index is 936. The molecule has 154 valence electrons. The summed E-state index contributed by atoms with van der Waals surface area (Å²) in [6, 6.07) is 7.20. The van der Waals surface area contributed by atoms with Crippen LogP contribution in [0.4, 0.5) is 22.1 Å². The fourth-order valence-electron chi connectivity index (χ4n) is 2.80. The van der Waals surface area contributed by atoms with E-state index in [4.69, 9.17) is 10.8 Å². The minimum absolute atomic E-state index is 0.0108. The van der Waals surface area contributed by atoms with Crippen LogP contribution in [-0.4, -0.2) is 44.4 Å². The Hall–Kier alpha value is -3.43. The van der Waals surface area contributed by atoms with Gasteiger partial charge in [-0.2, -0.15) is 0 Å². The smallest absolute Gasteiger partial charge is 0.405 e. The first-order valence-electron chi connectivity index (χ1n) is 9.25. The lowest BCUT2D eigenvalue weighted by atomic mass is 9.92. The van der Waals surface area contributed by atoms with Gasteiger partial charge in [0.25, 0.3) is 5.91 Å². The molecule has 0 atom stereocenters. The van der Waals surface area contributed by atoms with Crippen molar-refractivity contribution in [1.29, 1.82) is 0 Å². The van der Waals surface area contributed by atoms with Gasteiger partial charge in [-0.1, -0.05) is 26.8 Å². The van der Waals surface area contributed by atoms with E-state index >= 15 is 0 Å². The molecule has 0 aliphatic heterocycles. The number of rotatable bonds is 7. The van der Waals surface area contributed by atoms with E-state index in [1.54, 1.807) is 12.1 Å². The van der Waals surface area contributed by atoms with E-state index in [1.807, 2.05) is 12.1 Å². The molecule has 1 aliphatic carbocycles. The molecule has 2 amide bonds. The number of carbonyl (C=O) groups excluding carboxylic acids is 1. The molecule has 0 unspecified atom stereocenters. The Balaban J connectivity index is 1.81. The van der Waals surface area contributed by atoms with E-state index in [9.17, 15) is 9.59 Å². The normalized spacial score (nSPS) is 14.7. The van der Waals surface area contributed by atoms with Gasteiger partial charge in [0.05, 0.1) is 11.2 Å². The van der Waals surface area contributed by atoms with Crippen LogP contribution in [0.3, 0.4) is 0 Å². The van der Waals surface area contributed by atoms with Crippen molar-refractivity contribution >= 4 is 29.3 Å². The summed E-state index contributed by atoms with van der Waals surface area (Å²) in [5.41, 5.74) is 6.04. The third-order valence-electron chi connectivity index (χ3n) is 4.64. The number of nitrogens with two attached hydrogens (primary N) is 1. The molecular formula is C19H25N7O3. The predicted molar refractivity (Wildman–Crippen MR) is 108 cm³/mol. The standard InChI is InChI=1S/C19H25N7O3/c1-18(2,3)12-5-4-6-13(23-12)22-11-9-14(25-26-15(11)16(20)27)21-10-19(7-8-19)24-17(28)29/h4-6,9,24H,7-8,10H2,1-3H3,(H2,20,27)(H,28,29)(H2,21,22,23,25). The van der Waals surface area contributed by atoms with Crippen molar-refractivity contribution in [3.8, 4) is 0 Å². The van der Waals surface area contributed by atoms with Gasteiger partial charge in [0.1, 0.15) is 5.82 Å². The van der Waals surface area contributed by atoms with E-state index in [0.717, 1.165) is 18.5 Å². The second-order valence-corrected chi connectivity index (χ2v) is 8.20. The molecule has 6 N–H and O–H groups in total. The number of anilines is 3. The molecule has 0 aromatic carbocycles. The minimum Gasteiger partial charge on any atom is -0.465 e. The molecule has 1 aliphatic rings. The summed E-state index contributed by atoms with van der Waals surface area (Å²) in [5, 5.41) is 25.5. The molecule has 2 heterocycles. The van der Waals surface area contributed by atoms with Gasteiger partial charge in [-0.25, -0.2) is 9.78 Å².